The molecule has 0 heterocycles. The molecule has 0 atom stereocenters. The molecule has 0 saturated carbocycles. The summed E-state index contributed by atoms with van der Waals surface area (Å²) in [5.74, 6) is 3.39. The van der Waals surface area contributed by atoms with Crippen LogP contribution >= 0.6 is 0 Å². The van der Waals surface area contributed by atoms with Crippen molar-refractivity contribution in [3.8, 4) is 18.1 Å². The summed E-state index contributed by atoms with van der Waals surface area (Å²) in [5, 5.41) is 0. The third-order valence-corrected chi connectivity index (χ3v) is 1.87. The lowest BCUT2D eigenvalue weighted by atomic mass is 10.1. The van der Waals surface area contributed by atoms with Crippen LogP contribution in [0.4, 0.5) is 0 Å². The fourth-order valence-corrected chi connectivity index (χ4v) is 1.15. The second-order valence-electron chi connectivity index (χ2n) is 2.99. The second-order valence-corrected chi connectivity index (χ2v) is 2.99. The van der Waals surface area contributed by atoms with E-state index >= 15 is 0 Å². The van der Waals surface area contributed by atoms with E-state index < -0.39 is 0 Å². The highest BCUT2D eigenvalue weighted by Crippen LogP contribution is 2.12. The van der Waals surface area contributed by atoms with Crippen molar-refractivity contribution in [2.24, 2.45) is 5.73 Å². The van der Waals surface area contributed by atoms with Gasteiger partial charge in [0.15, 0.2) is 0 Å². The maximum absolute atomic E-state index is 5.44. The first-order valence-electron chi connectivity index (χ1n) is 4.72. The van der Waals surface area contributed by atoms with Crippen LogP contribution in [0.1, 0.15) is 12.0 Å². The van der Waals surface area contributed by atoms with Crippen molar-refractivity contribution in [1.82, 2.24) is 0 Å². The summed E-state index contributed by atoms with van der Waals surface area (Å²) in [6.45, 7) is 1.25. The van der Waals surface area contributed by atoms with Crippen LogP contribution in [-0.4, -0.2) is 13.2 Å². The van der Waals surface area contributed by atoms with Gasteiger partial charge in [-0.2, -0.15) is 0 Å². The van der Waals surface area contributed by atoms with Gasteiger partial charge in [0.05, 0.1) is 6.61 Å². The summed E-state index contributed by atoms with van der Waals surface area (Å²) in [7, 11) is 0. The van der Waals surface area contributed by atoms with Crippen LogP contribution in [-0.2, 0) is 6.42 Å². The van der Waals surface area contributed by atoms with Gasteiger partial charge in [0, 0.05) is 6.42 Å². The zero-order chi connectivity index (χ0) is 10.2. The van der Waals surface area contributed by atoms with Gasteiger partial charge in [-0.3, -0.25) is 0 Å². The van der Waals surface area contributed by atoms with Crippen LogP contribution in [0.2, 0.25) is 0 Å². The molecular weight excluding hydrogens is 174 g/mol. The van der Waals surface area contributed by atoms with Crippen LogP contribution in [0.5, 0.6) is 5.75 Å². The van der Waals surface area contributed by atoms with Gasteiger partial charge < -0.3 is 10.5 Å². The number of nitrogens with two attached hydrogens (primary N) is 1. The first kappa shape index (κ1) is 10.6. The highest BCUT2D eigenvalue weighted by atomic mass is 16.5. The molecular formula is C12H15NO. The number of hydrogen-bond donors (Lipinski definition) is 1. The molecule has 0 aromatic heterocycles. The normalized spacial score (nSPS) is 9.43. The summed E-state index contributed by atoms with van der Waals surface area (Å²) < 4.78 is 5.41. The van der Waals surface area contributed by atoms with Gasteiger partial charge >= 0.3 is 0 Å². The van der Waals surface area contributed by atoms with Gasteiger partial charge in [0.1, 0.15) is 5.75 Å². The standard InChI is InChI=1S/C12H15NO/c1-2-3-10-14-12-6-4-11(5-7-12)8-9-13/h1,4-7H,3,8-10,13H2. The number of hydrogen-bond acceptors (Lipinski definition) is 2. The SMILES string of the molecule is C#CCCOc1ccc(CCN)cc1. The summed E-state index contributed by atoms with van der Waals surface area (Å²) in [4.78, 5) is 0. The zero-order valence-corrected chi connectivity index (χ0v) is 8.20. The number of rotatable bonds is 5. The smallest absolute Gasteiger partial charge is 0.119 e. The van der Waals surface area contributed by atoms with E-state index in [1.54, 1.807) is 0 Å². The Kier molecular flexibility index (Phi) is 4.60. The topological polar surface area (TPSA) is 35.2 Å². The molecule has 0 radical (unpaired) electrons. The van der Waals surface area contributed by atoms with Crippen LogP contribution < -0.4 is 10.5 Å². The number of terminal acetylenes is 1. The molecule has 1 aromatic rings. The second kappa shape index (κ2) is 6.06. The summed E-state index contributed by atoms with van der Waals surface area (Å²) in [6, 6.07) is 7.94. The Morgan fingerprint density at radius 2 is 2.00 bits per heavy atom. The molecule has 0 aliphatic carbocycles. The monoisotopic (exact) mass is 189 g/mol. The Balaban J connectivity index is 2.43. The van der Waals surface area contributed by atoms with Gasteiger partial charge in [-0.15, -0.1) is 12.3 Å². The van der Waals surface area contributed by atoms with Gasteiger partial charge in [-0.1, -0.05) is 12.1 Å². The summed E-state index contributed by atoms with van der Waals surface area (Å²) >= 11 is 0. The van der Waals surface area contributed by atoms with E-state index in [2.05, 4.69) is 5.92 Å². The van der Waals surface area contributed by atoms with E-state index in [1.165, 1.54) is 5.56 Å². The summed E-state index contributed by atoms with van der Waals surface area (Å²) in [5.41, 5.74) is 6.68. The van der Waals surface area contributed by atoms with E-state index in [9.17, 15) is 0 Å². The first-order valence-corrected chi connectivity index (χ1v) is 4.72. The lowest BCUT2D eigenvalue weighted by molar-refractivity contribution is 0.327. The molecule has 1 aromatic carbocycles. The molecule has 0 amide bonds. The Hall–Kier alpha value is -1.46. The molecule has 2 heteroatoms. The van der Waals surface area contributed by atoms with E-state index in [1.807, 2.05) is 24.3 Å². The molecule has 0 spiro atoms. The van der Waals surface area contributed by atoms with Crippen molar-refractivity contribution >= 4 is 0 Å². The molecule has 0 aliphatic heterocycles. The first-order chi connectivity index (χ1) is 6.86. The lowest BCUT2D eigenvalue weighted by Gasteiger charge is -2.04. The average Bonchev–Trinajstić information content (AvgIpc) is 2.21. The molecule has 0 aliphatic rings. The largest absolute Gasteiger partial charge is 0.493 e. The highest BCUT2D eigenvalue weighted by molar-refractivity contribution is 5.27. The van der Waals surface area contributed by atoms with E-state index in [4.69, 9.17) is 16.9 Å². The predicted molar refractivity (Wildman–Crippen MR) is 58.1 cm³/mol. The Morgan fingerprint density at radius 1 is 1.29 bits per heavy atom. The minimum Gasteiger partial charge on any atom is -0.493 e. The molecule has 2 nitrogen and oxygen atoms in total. The molecule has 0 saturated heterocycles. The van der Waals surface area contributed by atoms with Gasteiger partial charge in [0.2, 0.25) is 0 Å². The molecule has 0 unspecified atom stereocenters. The quantitative estimate of drug-likeness (QED) is 0.564. The maximum atomic E-state index is 5.44. The molecule has 0 bridgehead atoms. The maximum Gasteiger partial charge on any atom is 0.119 e. The Bertz CT molecular complexity index is 297. The highest BCUT2D eigenvalue weighted by Gasteiger charge is 1.94. The molecule has 0 fully saturated rings. The van der Waals surface area contributed by atoms with Gasteiger partial charge in [0.25, 0.3) is 0 Å². The number of benzene rings is 1. The van der Waals surface area contributed by atoms with Crippen molar-refractivity contribution in [3.63, 3.8) is 0 Å². The van der Waals surface area contributed by atoms with Gasteiger partial charge in [-0.05, 0) is 30.7 Å². The third kappa shape index (κ3) is 3.51. The Morgan fingerprint density at radius 3 is 2.57 bits per heavy atom. The fourth-order valence-electron chi connectivity index (χ4n) is 1.15. The minimum atomic E-state index is 0.576. The molecule has 74 valence electrons. The lowest BCUT2D eigenvalue weighted by Crippen LogP contribution is -2.02. The third-order valence-electron chi connectivity index (χ3n) is 1.87. The molecule has 2 N–H and O–H groups in total. The van der Waals surface area contributed by atoms with Crippen molar-refractivity contribution in [2.75, 3.05) is 13.2 Å². The predicted octanol–water partition coefficient (Wildman–Crippen LogP) is 1.59. The molecule has 1 rings (SSSR count). The van der Waals surface area contributed by atoms with Crippen LogP contribution in [0, 0.1) is 12.3 Å². The number of ether oxygens (including phenoxy) is 1. The zero-order valence-electron chi connectivity index (χ0n) is 8.20. The Labute approximate surface area is 85.1 Å². The van der Waals surface area contributed by atoms with E-state index in [0.717, 1.165) is 12.2 Å². The van der Waals surface area contributed by atoms with Crippen LogP contribution in [0.3, 0.4) is 0 Å². The average molecular weight is 189 g/mol. The van der Waals surface area contributed by atoms with Crippen LogP contribution in [0.15, 0.2) is 24.3 Å². The van der Waals surface area contributed by atoms with Crippen LogP contribution in [0.25, 0.3) is 0 Å². The minimum absolute atomic E-state index is 0.576. The fraction of sp³-hybridized carbons (Fsp3) is 0.333. The van der Waals surface area contributed by atoms with Crippen molar-refractivity contribution in [1.29, 1.82) is 0 Å². The van der Waals surface area contributed by atoms with Gasteiger partial charge in [-0.25, -0.2) is 0 Å². The van der Waals surface area contributed by atoms with E-state index in [-0.39, 0.29) is 0 Å². The van der Waals surface area contributed by atoms with Crippen molar-refractivity contribution in [2.45, 2.75) is 12.8 Å². The van der Waals surface area contributed by atoms with Crippen molar-refractivity contribution in [3.05, 3.63) is 29.8 Å². The molecule has 14 heavy (non-hydrogen) atoms. The van der Waals surface area contributed by atoms with Crippen molar-refractivity contribution < 1.29 is 4.74 Å². The van der Waals surface area contributed by atoms with E-state index in [0.29, 0.717) is 19.6 Å². The summed E-state index contributed by atoms with van der Waals surface area (Å²) in [6.07, 6.45) is 6.66.